The van der Waals surface area contributed by atoms with Gasteiger partial charge in [-0.25, -0.2) is 0 Å². The summed E-state index contributed by atoms with van der Waals surface area (Å²) in [4.78, 5) is 33.1. The number of rotatable bonds is 2. The molecule has 2 amide bonds. The molecule has 2 fully saturated rings. The van der Waals surface area contributed by atoms with Crippen molar-refractivity contribution in [2.45, 2.75) is 44.6 Å². The SMILES string of the molecule is CC(C)c1ccc2cc(C(=O)N3CCC4(CC3)C(=O)NCCCN4C)[nH]c2c1. The third-order valence-electron chi connectivity index (χ3n) is 6.53. The van der Waals surface area contributed by atoms with Gasteiger partial charge >= 0.3 is 0 Å². The fraction of sp³-hybridized carbons (Fsp3) is 0.545. The van der Waals surface area contributed by atoms with E-state index in [0.717, 1.165) is 30.4 Å². The first-order valence-corrected chi connectivity index (χ1v) is 10.3. The van der Waals surface area contributed by atoms with E-state index >= 15 is 0 Å². The Hall–Kier alpha value is -2.34. The number of likely N-dealkylation sites (tertiary alicyclic amines) is 1. The summed E-state index contributed by atoms with van der Waals surface area (Å²) >= 11 is 0. The Labute approximate surface area is 166 Å². The van der Waals surface area contributed by atoms with Crippen molar-refractivity contribution in [3.8, 4) is 0 Å². The van der Waals surface area contributed by atoms with Gasteiger partial charge in [0.05, 0.1) is 0 Å². The molecule has 28 heavy (non-hydrogen) atoms. The number of amides is 2. The molecular weight excluding hydrogens is 352 g/mol. The van der Waals surface area contributed by atoms with Gasteiger partial charge in [-0.2, -0.15) is 0 Å². The molecule has 2 N–H and O–H groups in total. The molecule has 1 aromatic heterocycles. The Morgan fingerprint density at radius 3 is 2.61 bits per heavy atom. The molecule has 1 spiro atoms. The zero-order valence-corrected chi connectivity index (χ0v) is 17.0. The van der Waals surface area contributed by atoms with E-state index in [1.54, 1.807) is 0 Å². The predicted molar refractivity (Wildman–Crippen MR) is 111 cm³/mol. The number of carbonyl (C=O) groups excluding carboxylic acids is 2. The summed E-state index contributed by atoms with van der Waals surface area (Å²) in [6.07, 6.45) is 2.33. The van der Waals surface area contributed by atoms with Crippen molar-refractivity contribution >= 4 is 22.7 Å². The highest BCUT2D eigenvalue weighted by atomic mass is 16.2. The maximum absolute atomic E-state index is 13.1. The van der Waals surface area contributed by atoms with Crippen LogP contribution in [0.15, 0.2) is 24.3 Å². The summed E-state index contributed by atoms with van der Waals surface area (Å²) in [7, 11) is 2.03. The van der Waals surface area contributed by atoms with Crippen molar-refractivity contribution < 1.29 is 9.59 Å². The molecule has 0 bridgehead atoms. The van der Waals surface area contributed by atoms with Crippen LogP contribution in [0.2, 0.25) is 0 Å². The molecule has 150 valence electrons. The van der Waals surface area contributed by atoms with E-state index in [9.17, 15) is 9.59 Å². The number of fused-ring (bicyclic) bond motifs is 1. The number of piperidine rings is 1. The van der Waals surface area contributed by atoms with Crippen LogP contribution in [0.1, 0.15) is 55.1 Å². The maximum atomic E-state index is 13.1. The Kier molecular flexibility index (Phi) is 4.91. The quantitative estimate of drug-likeness (QED) is 0.839. The van der Waals surface area contributed by atoms with Crippen LogP contribution in [0.3, 0.4) is 0 Å². The summed E-state index contributed by atoms with van der Waals surface area (Å²) in [5.74, 6) is 0.591. The minimum absolute atomic E-state index is 0.0221. The van der Waals surface area contributed by atoms with Crippen molar-refractivity contribution in [3.05, 3.63) is 35.5 Å². The lowest BCUT2D eigenvalue weighted by Crippen LogP contribution is -2.61. The van der Waals surface area contributed by atoms with Gasteiger partial charge in [-0.1, -0.05) is 26.0 Å². The molecule has 2 saturated heterocycles. The van der Waals surface area contributed by atoms with Gasteiger partial charge in [0.2, 0.25) is 5.91 Å². The number of carbonyl (C=O) groups is 2. The first-order chi connectivity index (χ1) is 13.4. The van der Waals surface area contributed by atoms with Crippen LogP contribution < -0.4 is 5.32 Å². The second-order valence-electron chi connectivity index (χ2n) is 8.54. The van der Waals surface area contributed by atoms with Gasteiger partial charge in [0.1, 0.15) is 11.2 Å². The van der Waals surface area contributed by atoms with Crippen molar-refractivity contribution in [2.75, 3.05) is 33.2 Å². The number of nitrogens with zero attached hydrogens (tertiary/aromatic N) is 2. The van der Waals surface area contributed by atoms with Gasteiger partial charge < -0.3 is 15.2 Å². The van der Waals surface area contributed by atoms with Crippen molar-refractivity contribution in [3.63, 3.8) is 0 Å². The number of likely N-dealkylation sites (N-methyl/N-ethyl adjacent to an activating group) is 1. The lowest BCUT2D eigenvalue weighted by atomic mass is 9.85. The van der Waals surface area contributed by atoms with Crippen LogP contribution in [-0.4, -0.2) is 65.4 Å². The normalized spacial score (nSPS) is 20.6. The average molecular weight is 383 g/mol. The Morgan fingerprint density at radius 1 is 1.14 bits per heavy atom. The van der Waals surface area contributed by atoms with Gasteiger partial charge in [0.15, 0.2) is 0 Å². The third kappa shape index (κ3) is 3.20. The standard InChI is InChI=1S/C22H30N4O2/c1-15(2)16-5-6-17-14-19(24-18(17)13-16)20(27)26-11-7-22(8-12-26)21(28)23-9-4-10-25(22)3/h5-6,13-15,24H,4,7-12H2,1-3H3,(H,23,28). The molecule has 0 saturated carbocycles. The second kappa shape index (κ2) is 7.24. The van der Waals surface area contributed by atoms with E-state index in [2.05, 4.69) is 47.2 Å². The molecule has 0 atom stereocenters. The fourth-order valence-corrected chi connectivity index (χ4v) is 4.55. The summed E-state index contributed by atoms with van der Waals surface area (Å²) in [5, 5.41) is 4.11. The minimum atomic E-state index is -0.472. The predicted octanol–water partition coefficient (Wildman–Crippen LogP) is 2.72. The number of H-pyrrole nitrogens is 1. The molecule has 2 aliphatic rings. The molecule has 3 heterocycles. The van der Waals surface area contributed by atoms with Crippen LogP contribution in [-0.2, 0) is 4.79 Å². The molecule has 0 aliphatic carbocycles. The molecular formula is C22H30N4O2. The number of hydrogen-bond donors (Lipinski definition) is 2. The largest absolute Gasteiger partial charge is 0.354 e. The topological polar surface area (TPSA) is 68.4 Å². The van der Waals surface area contributed by atoms with E-state index < -0.39 is 5.54 Å². The first-order valence-electron chi connectivity index (χ1n) is 10.3. The molecule has 6 nitrogen and oxygen atoms in total. The number of benzene rings is 1. The number of aromatic nitrogens is 1. The van der Waals surface area contributed by atoms with Crippen molar-refractivity contribution in [2.24, 2.45) is 0 Å². The lowest BCUT2D eigenvalue weighted by Gasteiger charge is -2.44. The van der Waals surface area contributed by atoms with Crippen LogP contribution in [0.5, 0.6) is 0 Å². The van der Waals surface area contributed by atoms with Crippen LogP contribution in [0.4, 0.5) is 0 Å². The summed E-state index contributed by atoms with van der Waals surface area (Å²) in [6, 6.07) is 8.28. The number of nitrogens with one attached hydrogen (secondary N) is 2. The summed E-state index contributed by atoms with van der Waals surface area (Å²) < 4.78 is 0. The van der Waals surface area contributed by atoms with Gasteiger partial charge in [0.25, 0.3) is 5.91 Å². The lowest BCUT2D eigenvalue weighted by molar-refractivity contribution is -0.134. The molecule has 2 aliphatic heterocycles. The van der Waals surface area contributed by atoms with Crippen LogP contribution in [0, 0.1) is 0 Å². The molecule has 4 rings (SSSR count). The third-order valence-corrected chi connectivity index (χ3v) is 6.53. The van der Waals surface area contributed by atoms with E-state index in [1.165, 1.54) is 5.56 Å². The summed E-state index contributed by atoms with van der Waals surface area (Å²) in [5.41, 5.74) is 2.42. The molecule has 0 unspecified atom stereocenters. The van der Waals surface area contributed by atoms with E-state index in [-0.39, 0.29) is 11.8 Å². The van der Waals surface area contributed by atoms with E-state index in [4.69, 9.17) is 0 Å². The Balaban J connectivity index is 1.51. The Bertz CT molecular complexity index is 893. The first kappa shape index (κ1) is 19.0. The van der Waals surface area contributed by atoms with E-state index in [1.807, 2.05) is 18.0 Å². The van der Waals surface area contributed by atoms with Crippen molar-refractivity contribution in [1.29, 1.82) is 0 Å². The number of aromatic amines is 1. The monoisotopic (exact) mass is 382 g/mol. The van der Waals surface area contributed by atoms with Crippen molar-refractivity contribution in [1.82, 2.24) is 20.1 Å². The molecule has 0 radical (unpaired) electrons. The van der Waals surface area contributed by atoms with Gasteiger partial charge in [-0.15, -0.1) is 0 Å². The van der Waals surface area contributed by atoms with Crippen LogP contribution >= 0.6 is 0 Å². The zero-order valence-electron chi connectivity index (χ0n) is 17.0. The van der Waals surface area contributed by atoms with E-state index in [0.29, 0.717) is 37.5 Å². The minimum Gasteiger partial charge on any atom is -0.354 e. The van der Waals surface area contributed by atoms with Gasteiger partial charge in [-0.05, 0) is 49.9 Å². The Morgan fingerprint density at radius 2 is 1.89 bits per heavy atom. The highest BCUT2D eigenvalue weighted by molar-refractivity contribution is 5.98. The highest BCUT2D eigenvalue weighted by Crippen LogP contribution is 2.31. The van der Waals surface area contributed by atoms with Crippen LogP contribution in [0.25, 0.3) is 10.9 Å². The highest BCUT2D eigenvalue weighted by Gasteiger charge is 2.46. The smallest absolute Gasteiger partial charge is 0.270 e. The molecule has 6 heteroatoms. The second-order valence-corrected chi connectivity index (χ2v) is 8.54. The number of hydrogen-bond acceptors (Lipinski definition) is 3. The average Bonchev–Trinajstić information content (AvgIpc) is 3.08. The fourth-order valence-electron chi connectivity index (χ4n) is 4.55. The maximum Gasteiger partial charge on any atom is 0.270 e. The zero-order chi connectivity index (χ0) is 19.9. The van der Waals surface area contributed by atoms with Gasteiger partial charge in [-0.3, -0.25) is 14.5 Å². The molecule has 1 aromatic carbocycles. The summed E-state index contributed by atoms with van der Waals surface area (Å²) in [6.45, 7) is 7.18. The van der Waals surface area contributed by atoms with Gasteiger partial charge in [0, 0.05) is 37.1 Å². The molecule has 2 aromatic rings.